The Labute approximate surface area is 116 Å². The van der Waals surface area contributed by atoms with Gasteiger partial charge in [-0.25, -0.2) is 0 Å². The molecule has 106 valence electrons. The van der Waals surface area contributed by atoms with Crippen LogP contribution in [0.3, 0.4) is 0 Å². The first-order valence-electron chi connectivity index (χ1n) is 6.98. The number of rotatable bonds is 11. The molecule has 3 nitrogen and oxygen atoms in total. The predicted molar refractivity (Wildman–Crippen MR) is 79.6 cm³/mol. The first-order chi connectivity index (χ1) is 9.38. The number of benzene rings is 1. The molecule has 0 saturated carbocycles. The van der Waals surface area contributed by atoms with Crippen molar-refractivity contribution in [3.8, 4) is 5.75 Å². The highest BCUT2D eigenvalue weighted by Gasteiger charge is 2.01. The fourth-order valence-electron chi connectivity index (χ4n) is 1.66. The summed E-state index contributed by atoms with van der Waals surface area (Å²) in [5, 5.41) is 3.36. The van der Waals surface area contributed by atoms with Gasteiger partial charge in [-0.15, -0.1) is 0 Å². The summed E-state index contributed by atoms with van der Waals surface area (Å²) in [7, 11) is 0. The highest BCUT2D eigenvalue weighted by Crippen LogP contribution is 2.17. The van der Waals surface area contributed by atoms with Gasteiger partial charge in [-0.2, -0.15) is 0 Å². The largest absolute Gasteiger partial charge is 0.489 e. The van der Waals surface area contributed by atoms with E-state index in [4.69, 9.17) is 9.47 Å². The molecule has 19 heavy (non-hydrogen) atoms. The van der Waals surface area contributed by atoms with Gasteiger partial charge < -0.3 is 14.8 Å². The fraction of sp³-hybridized carbons (Fsp3) is 0.500. The molecule has 0 aliphatic heterocycles. The zero-order chi connectivity index (χ0) is 13.8. The molecule has 0 radical (unpaired) electrons. The normalized spacial score (nSPS) is 10.4. The predicted octanol–water partition coefficient (Wildman–Crippen LogP) is 3.16. The van der Waals surface area contributed by atoms with E-state index < -0.39 is 0 Å². The van der Waals surface area contributed by atoms with E-state index in [9.17, 15) is 0 Å². The third-order valence-electron chi connectivity index (χ3n) is 2.71. The van der Waals surface area contributed by atoms with E-state index in [1.807, 2.05) is 18.2 Å². The first-order valence-corrected chi connectivity index (χ1v) is 6.98. The summed E-state index contributed by atoms with van der Waals surface area (Å²) in [5.74, 6) is 0.918. The maximum atomic E-state index is 5.61. The standard InChI is InChI=1S/C16H25NO2/c1-3-5-12-18-13-10-17-14-15-8-6-7-9-16(15)19-11-4-2/h4,6-9,17H,2-3,5,10-14H2,1H3. The Balaban J connectivity index is 2.22. The van der Waals surface area contributed by atoms with Crippen LogP contribution >= 0.6 is 0 Å². The number of hydrogen-bond donors (Lipinski definition) is 1. The van der Waals surface area contributed by atoms with Gasteiger partial charge in [0.2, 0.25) is 0 Å². The minimum Gasteiger partial charge on any atom is -0.489 e. The second kappa shape index (κ2) is 10.6. The molecule has 1 aromatic carbocycles. The number of ether oxygens (including phenoxy) is 2. The highest BCUT2D eigenvalue weighted by atomic mass is 16.5. The van der Waals surface area contributed by atoms with Crippen molar-refractivity contribution in [3.05, 3.63) is 42.5 Å². The molecule has 0 heterocycles. The first kappa shape index (κ1) is 15.7. The van der Waals surface area contributed by atoms with E-state index in [-0.39, 0.29) is 0 Å². The Morgan fingerprint density at radius 1 is 1.26 bits per heavy atom. The van der Waals surface area contributed by atoms with Crippen LogP contribution in [0.1, 0.15) is 25.3 Å². The zero-order valence-electron chi connectivity index (χ0n) is 11.9. The average Bonchev–Trinajstić information content (AvgIpc) is 2.45. The van der Waals surface area contributed by atoms with Crippen LogP contribution in [0, 0.1) is 0 Å². The Bertz CT molecular complexity index is 352. The van der Waals surface area contributed by atoms with E-state index in [2.05, 4.69) is 24.9 Å². The second-order valence-corrected chi connectivity index (χ2v) is 4.35. The molecule has 0 unspecified atom stereocenters. The van der Waals surface area contributed by atoms with Crippen molar-refractivity contribution in [1.82, 2.24) is 5.32 Å². The van der Waals surface area contributed by atoms with Crippen LogP contribution < -0.4 is 10.1 Å². The third-order valence-corrected chi connectivity index (χ3v) is 2.71. The van der Waals surface area contributed by atoms with Crippen LogP contribution in [0.2, 0.25) is 0 Å². The lowest BCUT2D eigenvalue weighted by Gasteiger charge is -2.11. The summed E-state index contributed by atoms with van der Waals surface area (Å²) < 4.78 is 11.1. The molecule has 0 saturated heterocycles. The molecule has 0 bridgehead atoms. The van der Waals surface area contributed by atoms with Gasteiger partial charge in [0.15, 0.2) is 0 Å². The molecule has 1 N–H and O–H groups in total. The average molecular weight is 263 g/mol. The SMILES string of the molecule is C=CCOc1ccccc1CNCCOCCCC. The van der Waals surface area contributed by atoms with Gasteiger partial charge in [0.25, 0.3) is 0 Å². The lowest BCUT2D eigenvalue weighted by atomic mass is 10.2. The molecule has 0 spiro atoms. The number of para-hydroxylation sites is 1. The monoisotopic (exact) mass is 263 g/mol. The minimum atomic E-state index is 0.539. The lowest BCUT2D eigenvalue weighted by molar-refractivity contribution is 0.133. The van der Waals surface area contributed by atoms with Gasteiger partial charge in [-0.05, 0) is 12.5 Å². The van der Waals surface area contributed by atoms with Crippen molar-refractivity contribution in [2.24, 2.45) is 0 Å². The molecule has 0 atom stereocenters. The van der Waals surface area contributed by atoms with Gasteiger partial charge in [0.1, 0.15) is 12.4 Å². The van der Waals surface area contributed by atoms with Crippen molar-refractivity contribution in [3.63, 3.8) is 0 Å². The van der Waals surface area contributed by atoms with Crippen molar-refractivity contribution in [2.75, 3.05) is 26.4 Å². The summed E-state index contributed by atoms with van der Waals surface area (Å²) in [6.07, 6.45) is 4.07. The molecule has 0 aromatic heterocycles. The van der Waals surface area contributed by atoms with Crippen LogP contribution in [0.15, 0.2) is 36.9 Å². The quantitative estimate of drug-likeness (QED) is 0.491. The minimum absolute atomic E-state index is 0.539. The highest BCUT2D eigenvalue weighted by molar-refractivity contribution is 5.33. The molecule has 1 aromatic rings. The van der Waals surface area contributed by atoms with E-state index >= 15 is 0 Å². The van der Waals surface area contributed by atoms with Crippen molar-refractivity contribution in [1.29, 1.82) is 0 Å². The van der Waals surface area contributed by atoms with E-state index in [1.165, 1.54) is 6.42 Å². The summed E-state index contributed by atoms with van der Waals surface area (Å²) in [6, 6.07) is 8.06. The molecule has 0 fully saturated rings. The molecular formula is C16H25NO2. The van der Waals surface area contributed by atoms with Crippen molar-refractivity contribution >= 4 is 0 Å². The van der Waals surface area contributed by atoms with E-state index in [0.717, 1.165) is 44.0 Å². The van der Waals surface area contributed by atoms with Gasteiger partial charge >= 0.3 is 0 Å². The Hall–Kier alpha value is -1.32. The van der Waals surface area contributed by atoms with E-state index in [1.54, 1.807) is 6.08 Å². The van der Waals surface area contributed by atoms with Crippen LogP contribution in [-0.4, -0.2) is 26.4 Å². The maximum Gasteiger partial charge on any atom is 0.124 e. The number of hydrogen-bond acceptors (Lipinski definition) is 3. The van der Waals surface area contributed by atoms with Crippen LogP contribution in [0.4, 0.5) is 0 Å². The van der Waals surface area contributed by atoms with Crippen LogP contribution in [0.25, 0.3) is 0 Å². The van der Waals surface area contributed by atoms with E-state index in [0.29, 0.717) is 6.61 Å². The van der Waals surface area contributed by atoms with Crippen molar-refractivity contribution in [2.45, 2.75) is 26.3 Å². The lowest BCUT2D eigenvalue weighted by Crippen LogP contribution is -2.20. The van der Waals surface area contributed by atoms with Gasteiger partial charge in [-0.3, -0.25) is 0 Å². The zero-order valence-corrected chi connectivity index (χ0v) is 11.9. The number of unbranched alkanes of at least 4 members (excludes halogenated alkanes) is 1. The van der Waals surface area contributed by atoms with Gasteiger partial charge in [0.05, 0.1) is 6.61 Å². The topological polar surface area (TPSA) is 30.5 Å². The molecule has 0 aliphatic rings. The molecule has 0 amide bonds. The van der Waals surface area contributed by atoms with Gasteiger partial charge in [0, 0.05) is 25.3 Å². The third kappa shape index (κ3) is 6.99. The summed E-state index contributed by atoms with van der Waals surface area (Å²) in [6.45, 7) is 9.64. The Morgan fingerprint density at radius 3 is 2.89 bits per heavy atom. The second-order valence-electron chi connectivity index (χ2n) is 4.35. The Kier molecular flexibility index (Phi) is 8.77. The van der Waals surface area contributed by atoms with Crippen LogP contribution in [0.5, 0.6) is 5.75 Å². The van der Waals surface area contributed by atoms with Gasteiger partial charge in [-0.1, -0.05) is 44.2 Å². The molecule has 0 aliphatic carbocycles. The molecular weight excluding hydrogens is 238 g/mol. The Morgan fingerprint density at radius 2 is 2.11 bits per heavy atom. The smallest absolute Gasteiger partial charge is 0.124 e. The number of nitrogens with one attached hydrogen (secondary N) is 1. The summed E-state index contributed by atoms with van der Waals surface area (Å²) >= 11 is 0. The van der Waals surface area contributed by atoms with Crippen LogP contribution in [-0.2, 0) is 11.3 Å². The molecule has 1 rings (SSSR count). The molecule has 3 heteroatoms. The van der Waals surface area contributed by atoms with Crippen molar-refractivity contribution < 1.29 is 9.47 Å². The fourth-order valence-corrected chi connectivity index (χ4v) is 1.66. The summed E-state index contributed by atoms with van der Waals surface area (Å²) in [5.41, 5.74) is 1.16. The summed E-state index contributed by atoms with van der Waals surface area (Å²) in [4.78, 5) is 0. The maximum absolute atomic E-state index is 5.61.